The molecule has 1 aliphatic rings. The summed E-state index contributed by atoms with van der Waals surface area (Å²) >= 11 is 0. The summed E-state index contributed by atoms with van der Waals surface area (Å²) in [5, 5.41) is 2.83. The maximum Gasteiger partial charge on any atom is 0.264 e. The number of carbonyl (C=O) groups excluding carboxylic acids is 1. The zero-order valence-electron chi connectivity index (χ0n) is 19.9. The molecule has 0 bridgehead atoms. The van der Waals surface area contributed by atoms with Gasteiger partial charge in [-0.3, -0.25) is 9.10 Å². The summed E-state index contributed by atoms with van der Waals surface area (Å²) in [6.07, 6.45) is 3.19. The number of halogens is 1. The van der Waals surface area contributed by atoms with E-state index in [9.17, 15) is 17.6 Å². The number of nitrogens with one attached hydrogen (secondary N) is 1. The van der Waals surface area contributed by atoms with Gasteiger partial charge in [-0.25, -0.2) is 12.8 Å². The number of benzene rings is 2. The zero-order chi connectivity index (χ0) is 24.6. The Bertz CT molecular complexity index is 1020. The highest BCUT2D eigenvalue weighted by Crippen LogP contribution is 2.25. The third-order valence-electron chi connectivity index (χ3n) is 5.97. The van der Waals surface area contributed by atoms with Crippen LogP contribution >= 0.6 is 0 Å². The van der Waals surface area contributed by atoms with Gasteiger partial charge in [0, 0.05) is 6.54 Å². The van der Waals surface area contributed by atoms with Crippen molar-refractivity contribution in [1.82, 2.24) is 10.2 Å². The van der Waals surface area contributed by atoms with Gasteiger partial charge >= 0.3 is 0 Å². The van der Waals surface area contributed by atoms with E-state index in [2.05, 4.69) is 17.1 Å². The molecule has 0 aromatic heterocycles. The lowest BCUT2D eigenvalue weighted by Crippen LogP contribution is -2.42. The van der Waals surface area contributed by atoms with E-state index < -0.39 is 28.3 Å². The third-order valence-corrected chi connectivity index (χ3v) is 7.76. The van der Waals surface area contributed by atoms with Gasteiger partial charge in [-0.2, -0.15) is 0 Å². The van der Waals surface area contributed by atoms with Crippen molar-refractivity contribution in [2.24, 2.45) is 5.92 Å². The number of likely N-dealkylation sites (tertiary alicyclic amines) is 1. The second kappa shape index (κ2) is 12.2. The van der Waals surface area contributed by atoms with Crippen molar-refractivity contribution in [1.29, 1.82) is 0 Å². The molecule has 186 valence electrons. The number of anilines is 1. The largest absolute Gasteiger partial charge is 0.494 e. The minimum absolute atomic E-state index is 0.0207. The van der Waals surface area contributed by atoms with Gasteiger partial charge in [0.15, 0.2) is 0 Å². The molecule has 1 aliphatic heterocycles. The Balaban J connectivity index is 1.65. The van der Waals surface area contributed by atoms with Crippen molar-refractivity contribution in [3.8, 4) is 5.75 Å². The second-order valence-corrected chi connectivity index (χ2v) is 10.5. The summed E-state index contributed by atoms with van der Waals surface area (Å²) < 4.78 is 46.6. The Morgan fingerprint density at radius 2 is 1.76 bits per heavy atom. The lowest BCUT2D eigenvalue weighted by molar-refractivity contribution is -0.119. The van der Waals surface area contributed by atoms with Gasteiger partial charge in [0.05, 0.1) is 17.2 Å². The van der Waals surface area contributed by atoms with E-state index in [0.717, 1.165) is 36.3 Å². The maximum atomic E-state index is 13.5. The van der Waals surface area contributed by atoms with Gasteiger partial charge in [-0.15, -0.1) is 0 Å². The monoisotopic (exact) mass is 491 g/mol. The Morgan fingerprint density at radius 3 is 2.38 bits per heavy atom. The van der Waals surface area contributed by atoms with Crippen LogP contribution in [0.25, 0.3) is 0 Å². The molecule has 1 N–H and O–H groups in total. The molecule has 0 aliphatic carbocycles. The lowest BCUT2D eigenvalue weighted by Gasteiger charge is -2.30. The topological polar surface area (TPSA) is 79.0 Å². The molecule has 2 aromatic carbocycles. The van der Waals surface area contributed by atoms with E-state index in [-0.39, 0.29) is 10.6 Å². The first-order valence-corrected chi connectivity index (χ1v) is 13.2. The van der Waals surface area contributed by atoms with Gasteiger partial charge in [0.2, 0.25) is 5.91 Å². The molecule has 1 heterocycles. The van der Waals surface area contributed by atoms with Gasteiger partial charge < -0.3 is 15.0 Å². The summed E-state index contributed by atoms with van der Waals surface area (Å²) in [5.41, 5.74) is 0.216. The number of hydrogen-bond acceptors (Lipinski definition) is 5. The first-order chi connectivity index (χ1) is 16.3. The molecule has 0 spiro atoms. The molecule has 34 heavy (non-hydrogen) atoms. The Kier molecular flexibility index (Phi) is 9.29. The van der Waals surface area contributed by atoms with E-state index in [1.165, 1.54) is 49.2 Å². The highest BCUT2D eigenvalue weighted by molar-refractivity contribution is 7.92. The molecular formula is C25H34FN3O4S. The fourth-order valence-electron chi connectivity index (χ4n) is 3.93. The van der Waals surface area contributed by atoms with Crippen LogP contribution in [-0.4, -0.2) is 58.6 Å². The predicted molar refractivity (Wildman–Crippen MR) is 131 cm³/mol. The van der Waals surface area contributed by atoms with E-state index in [1.807, 2.05) is 6.92 Å². The fourth-order valence-corrected chi connectivity index (χ4v) is 5.35. The third kappa shape index (κ3) is 7.17. The lowest BCUT2D eigenvalue weighted by atomic mass is 9.99. The number of sulfonamides is 1. The minimum atomic E-state index is -4.06. The van der Waals surface area contributed by atoms with Crippen molar-refractivity contribution in [3.63, 3.8) is 0 Å². The Hall–Kier alpha value is -2.65. The normalized spacial score (nSPS) is 15.1. The van der Waals surface area contributed by atoms with Crippen LogP contribution in [-0.2, 0) is 14.8 Å². The van der Waals surface area contributed by atoms with Crippen molar-refractivity contribution < 1.29 is 22.3 Å². The number of carbonyl (C=O) groups is 1. The fraction of sp³-hybridized carbons (Fsp3) is 0.480. The van der Waals surface area contributed by atoms with Crippen LogP contribution in [0.2, 0.25) is 0 Å². The van der Waals surface area contributed by atoms with Crippen molar-refractivity contribution in [2.45, 2.75) is 38.0 Å². The summed E-state index contributed by atoms with van der Waals surface area (Å²) in [4.78, 5) is 15.1. The number of amides is 1. The number of rotatable bonds is 11. The van der Waals surface area contributed by atoms with Gasteiger partial charge in [-0.1, -0.05) is 6.92 Å². The molecular weight excluding hydrogens is 457 g/mol. The standard InChI is InChI=1S/C25H34FN3O4S/c1-3-33-23-9-11-24(12-10-23)34(31,32)29(22-7-5-21(26)6-8-22)19-25(30)27-15-4-16-28-17-13-20(2)14-18-28/h5-12,20H,3-4,13-19H2,1-2H3,(H,27,30). The van der Waals surface area contributed by atoms with Crippen LogP contribution in [0.15, 0.2) is 53.4 Å². The first-order valence-electron chi connectivity index (χ1n) is 11.8. The SMILES string of the molecule is CCOc1ccc(S(=O)(=O)N(CC(=O)NCCCN2CCC(C)CC2)c2ccc(F)cc2)cc1. The summed E-state index contributed by atoms with van der Waals surface area (Å²) in [7, 11) is -4.06. The van der Waals surface area contributed by atoms with Crippen LogP contribution in [0.4, 0.5) is 10.1 Å². The van der Waals surface area contributed by atoms with Crippen molar-refractivity contribution in [3.05, 3.63) is 54.3 Å². The predicted octanol–water partition coefficient (Wildman–Crippen LogP) is 3.66. The van der Waals surface area contributed by atoms with Crippen molar-refractivity contribution >= 4 is 21.6 Å². The number of piperidine rings is 1. The van der Waals surface area contributed by atoms with Gasteiger partial charge in [0.1, 0.15) is 18.1 Å². The quantitative estimate of drug-likeness (QED) is 0.486. The van der Waals surface area contributed by atoms with Crippen LogP contribution in [0.5, 0.6) is 5.75 Å². The number of nitrogens with zero attached hydrogens (tertiary/aromatic N) is 2. The molecule has 3 rings (SSSR count). The van der Waals surface area contributed by atoms with Crippen LogP contribution in [0, 0.1) is 11.7 Å². The molecule has 0 unspecified atom stereocenters. The Labute approximate surface area is 201 Å². The summed E-state index contributed by atoms with van der Waals surface area (Å²) in [6, 6.07) is 11.1. The molecule has 0 saturated carbocycles. The smallest absolute Gasteiger partial charge is 0.264 e. The highest BCUT2D eigenvalue weighted by Gasteiger charge is 2.27. The molecule has 2 aromatic rings. The maximum absolute atomic E-state index is 13.5. The molecule has 1 saturated heterocycles. The van der Waals surface area contributed by atoms with E-state index >= 15 is 0 Å². The molecule has 1 fully saturated rings. The van der Waals surface area contributed by atoms with E-state index in [1.54, 1.807) is 12.1 Å². The summed E-state index contributed by atoms with van der Waals surface area (Å²) in [6.45, 7) is 7.69. The first kappa shape index (κ1) is 26.0. The van der Waals surface area contributed by atoms with Crippen LogP contribution in [0.3, 0.4) is 0 Å². The molecule has 9 heteroatoms. The average molecular weight is 492 g/mol. The average Bonchev–Trinajstić information content (AvgIpc) is 2.83. The van der Waals surface area contributed by atoms with Gasteiger partial charge in [-0.05, 0) is 100 Å². The number of ether oxygens (including phenoxy) is 1. The zero-order valence-corrected chi connectivity index (χ0v) is 20.7. The molecule has 1 amide bonds. The second-order valence-electron chi connectivity index (χ2n) is 8.62. The number of hydrogen-bond donors (Lipinski definition) is 1. The van der Waals surface area contributed by atoms with Gasteiger partial charge in [0.25, 0.3) is 10.0 Å². The van der Waals surface area contributed by atoms with Crippen molar-refractivity contribution in [2.75, 3.05) is 43.6 Å². The molecule has 0 atom stereocenters. The molecule has 7 nitrogen and oxygen atoms in total. The molecule has 0 radical (unpaired) electrons. The van der Waals surface area contributed by atoms with Crippen LogP contribution < -0.4 is 14.4 Å². The van der Waals surface area contributed by atoms with E-state index in [0.29, 0.717) is 18.9 Å². The van der Waals surface area contributed by atoms with E-state index in [4.69, 9.17) is 4.74 Å². The Morgan fingerprint density at radius 1 is 1.12 bits per heavy atom. The minimum Gasteiger partial charge on any atom is -0.494 e. The summed E-state index contributed by atoms with van der Waals surface area (Å²) in [5.74, 6) is 0.422. The van der Waals surface area contributed by atoms with Crippen LogP contribution in [0.1, 0.15) is 33.1 Å². The highest BCUT2D eigenvalue weighted by atomic mass is 32.2.